The van der Waals surface area contributed by atoms with Gasteiger partial charge in [0.2, 0.25) is 5.91 Å². The van der Waals surface area contributed by atoms with Crippen molar-refractivity contribution in [1.29, 1.82) is 0 Å². The summed E-state index contributed by atoms with van der Waals surface area (Å²) in [7, 11) is 0. The molecule has 1 aliphatic rings. The van der Waals surface area contributed by atoms with Gasteiger partial charge in [-0.3, -0.25) is 9.69 Å². The molecule has 2 unspecified atom stereocenters. The van der Waals surface area contributed by atoms with E-state index in [2.05, 4.69) is 5.32 Å². The molecule has 2 amide bonds. The third-order valence-electron chi connectivity index (χ3n) is 5.12. The predicted octanol–water partition coefficient (Wildman–Crippen LogP) is 4.19. The van der Waals surface area contributed by atoms with Crippen molar-refractivity contribution in [1.82, 2.24) is 10.2 Å². The van der Waals surface area contributed by atoms with Gasteiger partial charge in [0.15, 0.2) is 11.6 Å². The van der Waals surface area contributed by atoms with Crippen LogP contribution in [0, 0.1) is 17.0 Å². The molecular formula is C22H24F2N2O3. The van der Waals surface area contributed by atoms with Crippen molar-refractivity contribution in [3.63, 3.8) is 0 Å². The van der Waals surface area contributed by atoms with Gasteiger partial charge < -0.3 is 10.1 Å². The van der Waals surface area contributed by atoms with Gasteiger partial charge in [0.1, 0.15) is 12.6 Å². The molecule has 0 spiro atoms. The summed E-state index contributed by atoms with van der Waals surface area (Å²) in [4.78, 5) is 26.7. The third kappa shape index (κ3) is 4.55. The molecule has 0 bridgehead atoms. The van der Waals surface area contributed by atoms with Crippen LogP contribution in [0.3, 0.4) is 0 Å². The number of likely N-dealkylation sites (tertiary alicyclic amines) is 1. The highest BCUT2D eigenvalue weighted by molar-refractivity contribution is 5.88. The summed E-state index contributed by atoms with van der Waals surface area (Å²) in [6.45, 7) is 5.96. The van der Waals surface area contributed by atoms with Crippen LogP contribution >= 0.6 is 0 Å². The van der Waals surface area contributed by atoms with Crippen molar-refractivity contribution in [2.75, 3.05) is 6.54 Å². The number of carbonyl (C=O) groups is 2. The van der Waals surface area contributed by atoms with E-state index in [-0.39, 0.29) is 12.5 Å². The van der Waals surface area contributed by atoms with E-state index < -0.39 is 35.2 Å². The summed E-state index contributed by atoms with van der Waals surface area (Å²) in [5, 5.41) is 2.78. The van der Waals surface area contributed by atoms with Gasteiger partial charge in [-0.25, -0.2) is 13.6 Å². The molecule has 154 valence electrons. The lowest BCUT2D eigenvalue weighted by atomic mass is 9.74. The standard InChI is InChI=1S/C22H24F2N2O3/c1-14(16-9-10-17(23)18(24)11-16)25-20(27)19-22(2,3)13-26(19)21(28)29-12-15-7-5-4-6-8-15/h4-11,14,19H,12-13H2,1-3H3,(H,25,27). The Labute approximate surface area is 168 Å². The lowest BCUT2D eigenvalue weighted by Gasteiger charge is -2.52. The maximum absolute atomic E-state index is 13.5. The molecule has 0 aromatic heterocycles. The number of benzene rings is 2. The largest absolute Gasteiger partial charge is 0.445 e. The summed E-state index contributed by atoms with van der Waals surface area (Å²) in [5.74, 6) is -2.28. The highest BCUT2D eigenvalue weighted by atomic mass is 19.2. The molecule has 2 atom stereocenters. The van der Waals surface area contributed by atoms with Crippen molar-refractivity contribution < 1.29 is 23.1 Å². The number of ether oxygens (including phenoxy) is 1. The fourth-order valence-corrected chi connectivity index (χ4v) is 3.55. The van der Waals surface area contributed by atoms with E-state index in [1.807, 2.05) is 44.2 Å². The number of carbonyl (C=O) groups excluding carboxylic acids is 2. The molecule has 1 aliphatic heterocycles. The molecule has 1 heterocycles. The Balaban J connectivity index is 1.63. The Morgan fingerprint density at radius 2 is 1.86 bits per heavy atom. The molecule has 0 aliphatic carbocycles. The van der Waals surface area contributed by atoms with Crippen molar-refractivity contribution in [3.05, 3.63) is 71.3 Å². The van der Waals surface area contributed by atoms with E-state index in [1.54, 1.807) is 6.92 Å². The zero-order valence-corrected chi connectivity index (χ0v) is 16.6. The van der Waals surface area contributed by atoms with Crippen molar-refractivity contribution in [3.8, 4) is 0 Å². The molecule has 2 aromatic rings. The molecule has 0 saturated carbocycles. The zero-order chi connectivity index (χ0) is 21.2. The molecule has 3 rings (SSSR count). The van der Waals surface area contributed by atoms with Gasteiger partial charge in [0.05, 0.1) is 6.04 Å². The van der Waals surface area contributed by atoms with Gasteiger partial charge in [-0.1, -0.05) is 50.2 Å². The Morgan fingerprint density at radius 3 is 2.48 bits per heavy atom. The van der Waals surface area contributed by atoms with Crippen LogP contribution in [0.4, 0.5) is 13.6 Å². The second kappa shape index (κ2) is 8.19. The van der Waals surface area contributed by atoms with E-state index in [9.17, 15) is 18.4 Å². The Morgan fingerprint density at radius 1 is 1.17 bits per heavy atom. The quantitative estimate of drug-likeness (QED) is 0.816. The van der Waals surface area contributed by atoms with Crippen LogP contribution in [0.15, 0.2) is 48.5 Å². The van der Waals surface area contributed by atoms with E-state index >= 15 is 0 Å². The number of nitrogens with one attached hydrogen (secondary N) is 1. The molecule has 1 saturated heterocycles. The highest BCUT2D eigenvalue weighted by Gasteiger charge is 2.53. The molecule has 29 heavy (non-hydrogen) atoms. The third-order valence-corrected chi connectivity index (χ3v) is 5.12. The number of rotatable bonds is 5. The molecule has 5 nitrogen and oxygen atoms in total. The van der Waals surface area contributed by atoms with Crippen molar-refractivity contribution in [2.24, 2.45) is 5.41 Å². The lowest BCUT2D eigenvalue weighted by Crippen LogP contribution is -2.69. The fourth-order valence-electron chi connectivity index (χ4n) is 3.55. The maximum Gasteiger partial charge on any atom is 0.410 e. The summed E-state index contributed by atoms with van der Waals surface area (Å²) < 4.78 is 31.9. The molecular weight excluding hydrogens is 378 g/mol. The maximum atomic E-state index is 13.5. The first-order valence-electron chi connectivity index (χ1n) is 9.41. The molecule has 1 fully saturated rings. The average molecular weight is 402 g/mol. The summed E-state index contributed by atoms with van der Waals surface area (Å²) in [6.07, 6.45) is -0.561. The first kappa shape index (κ1) is 20.8. The fraction of sp³-hybridized carbons (Fsp3) is 0.364. The average Bonchev–Trinajstić information content (AvgIpc) is 2.67. The molecule has 0 radical (unpaired) electrons. The van der Waals surface area contributed by atoms with Gasteiger partial charge in [-0.2, -0.15) is 0 Å². The van der Waals surface area contributed by atoms with Gasteiger partial charge >= 0.3 is 6.09 Å². The Hall–Kier alpha value is -2.96. The topological polar surface area (TPSA) is 58.6 Å². The first-order valence-corrected chi connectivity index (χ1v) is 9.41. The van der Waals surface area contributed by atoms with Gasteiger partial charge in [-0.05, 0) is 30.2 Å². The Kier molecular flexibility index (Phi) is 5.86. The minimum absolute atomic E-state index is 0.121. The summed E-state index contributed by atoms with van der Waals surface area (Å²) in [5.41, 5.74) is 0.866. The predicted molar refractivity (Wildman–Crippen MR) is 104 cm³/mol. The zero-order valence-electron chi connectivity index (χ0n) is 16.6. The van der Waals surface area contributed by atoms with Crippen LogP contribution in [-0.2, 0) is 16.1 Å². The molecule has 2 aromatic carbocycles. The van der Waals surface area contributed by atoms with E-state index in [0.717, 1.165) is 17.7 Å². The number of amides is 2. The van der Waals surface area contributed by atoms with Crippen LogP contribution in [0.5, 0.6) is 0 Å². The minimum atomic E-state index is -0.973. The van der Waals surface area contributed by atoms with Crippen molar-refractivity contribution >= 4 is 12.0 Å². The van der Waals surface area contributed by atoms with Crippen LogP contribution in [0.1, 0.15) is 37.9 Å². The monoisotopic (exact) mass is 402 g/mol. The number of nitrogens with zero attached hydrogens (tertiary/aromatic N) is 1. The molecule has 7 heteroatoms. The number of halogens is 2. The minimum Gasteiger partial charge on any atom is -0.445 e. The molecule has 1 N–H and O–H groups in total. The summed E-state index contributed by atoms with van der Waals surface area (Å²) >= 11 is 0. The van der Waals surface area contributed by atoms with Gasteiger partial charge in [0.25, 0.3) is 0 Å². The first-order chi connectivity index (χ1) is 13.7. The van der Waals surface area contributed by atoms with E-state index in [0.29, 0.717) is 12.1 Å². The smallest absolute Gasteiger partial charge is 0.410 e. The number of hydrogen-bond acceptors (Lipinski definition) is 3. The SMILES string of the molecule is CC(NC(=O)C1N(C(=O)OCc2ccccc2)CC1(C)C)c1ccc(F)c(F)c1. The van der Waals surface area contributed by atoms with Gasteiger partial charge in [-0.15, -0.1) is 0 Å². The van der Waals surface area contributed by atoms with E-state index in [4.69, 9.17) is 4.74 Å². The second-order valence-corrected chi connectivity index (χ2v) is 7.96. The van der Waals surface area contributed by atoms with Crippen LogP contribution in [0.25, 0.3) is 0 Å². The highest BCUT2D eigenvalue weighted by Crippen LogP contribution is 2.38. The van der Waals surface area contributed by atoms with Gasteiger partial charge in [0, 0.05) is 12.0 Å². The lowest BCUT2D eigenvalue weighted by molar-refractivity contribution is -0.141. The Bertz CT molecular complexity index is 902. The second-order valence-electron chi connectivity index (χ2n) is 7.96. The number of hydrogen-bond donors (Lipinski definition) is 1. The summed E-state index contributed by atoms with van der Waals surface area (Å²) in [6, 6.07) is 11.5. The normalized spacial score (nSPS) is 18.5. The van der Waals surface area contributed by atoms with Crippen LogP contribution < -0.4 is 5.32 Å². The van der Waals surface area contributed by atoms with E-state index in [1.165, 1.54) is 11.0 Å². The van der Waals surface area contributed by atoms with Crippen LogP contribution in [0.2, 0.25) is 0 Å². The van der Waals surface area contributed by atoms with Crippen molar-refractivity contribution in [2.45, 2.75) is 39.5 Å². The van der Waals surface area contributed by atoms with Crippen LogP contribution in [-0.4, -0.2) is 29.5 Å².